The zero-order valence-electron chi connectivity index (χ0n) is 15.4. The molecule has 0 saturated carbocycles. The summed E-state index contributed by atoms with van der Waals surface area (Å²) in [6.45, 7) is 5.38. The molecule has 2 atom stereocenters. The maximum absolute atomic E-state index is 12.4. The Balaban J connectivity index is 2.16. The van der Waals surface area contributed by atoms with Gasteiger partial charge >= 0.3 is 0 Å². The lowest BCUT2D eigenvalue weighted by Gasteiger charge is -2.54. The van der Waals surface area contributed by atoms with Gasteiger partial charge in [0.15, 0.2) is 11.5 Å². The van der Waals surface area contributed by atoms with Crippen LogP contribution < -0.4 is 9.47 Å². The van der Waals surface area contributed by atoms with Crippen LogP contribution in [0, 0.1) is 0 Å². The lowest BCUT2D eigenvalue weighted by atomic mass is 9.70. The van der Waals surface area contributed by atoms with E-state index < -0.39 is 0 Å². The van der Waals surface area contributed by atoms with Crippen LogP contribution in [-0.4, -0.2) is 37.5 Å². The number of ketones is 1. The second kappa shape index (κ2) is 6.75. The molecule has 0 aromatic heterocycles. The maximum atomic E-state index is 12.4. The number of fused-ring (bicyclic) bond motifs is 3. The van der Waals surface area contributed by atoms with Crippen molar-refractivity contribution in [2.45, 2.75) is 64.0 Å². The summed E-state index contributed by atoms with van der Waals surface area (Å²) in [5.41, 5.74) is 2.42. The normalized spacial score (nSPS) is 26.7. The van der Waals surface area contributed by atoms with Gasteiger partial charge in [0.2, 0.25) is 0 Å². The van der Waals surface area contributed by atoms with E-state index in [9.17, 15) is 4.79 Å². The Hall–Kier alpha value is -1.55. The maximum Gasteiger partial charge on any atom is 0.161 e. The molecule has 0 aliphatic carbocycles. The number of piperidine rings is 1. The minimum Gasteiger partial charge on any atom is -0.493 e. The van der Waals surface area contributed by atoms with E-state index in [2.05, 4.69) is 30.9 Å². The molecule has 3 rings (SSSR count). The second-order valence-corrected chi connectivity index (χ2v) is 7.21. The van der Waals surface area contributed by atoms with Gasteiger partial charge in [0.1, 0.15) is 5.78 Å². The molecule has 24 heavy (non-hydrogen) atoms. The summed E-state index contributed by atoms with van der Waals surface area (Å²) in [6, 6.07) is 4.69. The molecule has 0 radical (unpaired) electrons. The van der Waals surface area contributed by atoms with E-state index in [0.29, 0.717) is 24.7 Å². The first-order chi connectivity index (χ1) is 11.6. The zero-order chi connectivity index (χ0) is 17.3. The molecule has 4 nitrogen and oxygen atoms in total. The van der Waals surface area contributed by atoms with Crippen molar-refractivity contribution in [1.82, 2.24) is 4.90 Å². The van der Waals surface area contributed by atoms with Crippen molar-refractivity contribution in [3.63, 3.8) is 0 Å². The summed E-state index contributed by atoms with van der Waals surface area (Å²) in [6.07, 6.45) is 5.60. The molecule has 132 valence electrons. The number of hydrogen-bond donors (Lipinski definition) is 0. The predicted molar refractivity (Wildman–Crippen MR) is 94.9 cm³/mol. The number of methoxy groups -OCH3 is 2. The summed E-state index contributed by atoms with van der Waals surface area (Å²) in [5.74, 6) is 1.93. The molecule has 0 N–H and O–H groups in total. The third-order valence-corrected chi connectivity index (χ3v) is 5.77. The van der Waals surface area contributed by atoms with Crippen LogP contribution in [-0.2, 0) is 16.8 Å². The van der Waals surface area contributed by atoms with Crippen LogP contribution in [0.2, 0.25) is 0 Å². The zero-order valence-corrected chi connectivity index (χ0v) is 15.4. The molecule has 2 heterocycles. The molecular weight excluding hydrogens is 302 g/mol. The number of benzene rings is 1. The van der Waals surface area contributed by atoms with Gasteiger partial charge in [0.05, 0.1) is 19.8 Å². The highest BCUT2D eigenvalue weighted by Crippen LogP contribution is 2.49. The number of carbonyl (C=O) groups excluding carboxylic acids is 1. The van der Waals surface area contributed by atoms with Crippen LogP contribution in [0.1, 0.15) is 57.1 Å². The molecule has 0 amide bonds. The Kier molecular flexibility index (Phi) is 4.86. The highest BCUT2D eigenvalue weighted by Gasteiger charge is 2.48. The van der Waals surface area contributed by atoms with Gasteiger partial charge in [-0.2, -0.15) is 0 Å². The average molecular weight is 331 g/mol. The third-order valence-electron chi connectivity index (χ3n) is 5.77. The van der Waals surface area contributed by atoms with Gasteiger partial charge in [0.25, 0.3) is 0 Å². The van der Waals surface area contributed by atoms with Crippen LogP contribution in [0.25, 0.3) is 0 Å². The fraction of sp³-hybridized carbons (Fsp3) is 0.650. The van der Waals surface area contributed by atoms with Gasteiger partial charge in [0, 0.05) is 25.4 Å². The monoisotopic (exact) mass is 331 g/mol. The van der Waals surface area contributed by atoms with Crippen molar-refractivity contribution in [2.24, 2.45) is 0 Å². The number of ether oxygens (including phenoxy) is 2. The van der Waals surface area contributed by atoms with Crippen LogP contribution in [0.3, 0.4) is 0 Å². The van der Waals surface area contributed by atoms with E-state index in [1.165, 1.54) is 11.1 Å². The largest absolute Gasteiger partial charge is 0.493 e. The van der Waals surface area contributed by atoms with E-state index in [1.54, 1.807) is 14.2 Å². The van der Waals surface area contributed by atoms with Crippen molar-refractivity contribution in [3.05, 3.63) is 23.3 Å². The number of rotatable bonds is 5. The first-order valence-electron chi connectivity index (χ1n) is 9.09. The summed E-state index contributed by atoms with van der Waals surface area (Å²) in [4.78, 5) is 15.0. The number of unbranched alkanes of at least 4 members (excludes halogenated alkanes) is 1. The highest BCUT2D eigenvalue weighted by atomic mass is 16.5. The quantitative estimate of drug-likeness (QED) is 0.825. The minimum absolute atomic E-state index is 0.169. The summed E-state index contributed by atoms with van der Waals surface area (Å²) in [5, 5.41) is 0. The molecule has 0 bridgehead atoms. The first kappa shape index (κ1) is 17.3. The van der Waals surface area contributed by atoms with E-state index >= 15 is 0 Å². The van der Waals surface area contributed by atoms with Gasteiger partial charge in [-0.05, 0) is 43.0 Å². The van der Waals surface area contributed by atoms with Crippen molar-refractivity contribution >= 4 is 5.78 Å². The van der Waals surface area contributed by atoms with E-state index in [4.69, 9.17) is 9.47 Å². The molecule has 2 aliphatic heterocycles. The van der Waals surface area contributed by atoms with Crippen LogP contribution in [0.5, 0.6) is 11.5 Å². The molecule has 1 aromatic rings. The van der Waals surface area contributed by atoms with Crippen molar-refractivity contribution in [2.75, 3.05) is 20.8 Å². The van der Waals surface area contributed by atoms with Crippen molar-refractivity contribution < 1.29 is 14.3 Å². The minimum atomic E-state index is -0.169. The fourth-order valence-corrected chi connectivity index (χ4v) is 4.65. The van der Waals surface area contributed by atoms with Gasteiger partial charge in [-0.25, -0.2) is 0 Å². The Morgan fingerprint density at radius 3 is 2.62 bits per heavy atom. The molecule has 4 heteroatoms. The Morgan fingerprint density at radius 2 is 1.96 bits per heavy atom. The predicted octanol–water partition coefficient (Wildman–Crippen LogP) is 3.70. The number of carbonyl (C=O) groups is 1. The van der Waals surface area contributed by atoms with Crippen molar-refractivity contribution in [1.29, 1.82) is 0 Å². The SMILES string of the molecule is CCCCC12CC(=O)CCN1C(C)Cc1cc(OC)c(OC)cc12. The third kappa shape index (κ3) is 2.71. The molecule has 1 saturated heterocycles. The van der Waals surface area contributed by atoms with Gasteiger partial charge in [-0.1, -0.05) is 19.8 Å². The summed E-state index contributed by atoms with van der Waals surface area (Å²) in [7, 11) is 3.36. The summed E-state index contributed by atoms with van der Waals surface area (Å²) >= 11 is 0. The molecule has 1 aromatic carbocycles. The average Bonchev–Trinajstić information content (AvgIpc) is 2.58. The smallest absolute Gasteiger partial charge is 0.161 e. The fourth-order valence-electron chi connectivity index (χ4n) is 4.65. The van der Waals surface area contributed by atoms with Crippen LogP contribution in [0.4, 0.5) is 0 Å². The molecule has 2 aliphatic rings. The first-order valence-corrected chi connectivity index (χ1v) is 9.09. The van der Waals surface area contributed by atoms with Crippen LogP contribution >= 0.6 is 0 Å². The van der Waals surface area contributed by atoms with E-state index in [0.717, 1.165) is 43.7 Å². The molecular formula is C20H29NO3. The topological polar surface area (TPSA) is 38.8 Å². The van der Waals surface area contributed by atoms with E-state index in [-0.39, 0.29) is 5.54 Å². The lowest BCUT2D eigenvalue weighted by Crippen LogP contribution is -2.58. The number of nitrogens with zero attached hydrogens (tertiary/aromatic N) is 1. The number of Topliss-reactive ketones (excluding diaryl/α,β-unsaturated/α-hetero) is 1. The second-order valence-electron chi connectivity index (χ2n) is 7.21. The van der Waals surface area contributed by atoms with Gasteiger partial charge in [-0.15, -0.1) is 0 Å². The standard InChI is InChI=1S/C20H29NO3/c1-5-6-8-20-13-16(22)7-9-21(20)14(2)10-15-11-18(23-3)19(24-4)12-17(15)20/h11-12,14H,5-10,13H2,1-4H3. The van der Waals surface area contributed by atoms with E-state index in [1.807, 2.05) is 0 Å². The lowest BCUT2D eigenvalue weighted by molar-refractivity contribution is -0.130. The Bertz CT molecular complexity index is 628. The summed E-state index contributed by atoms with van der Waals surface area (Å²) < 4.78 is 11.1. The van der Waals surface area contributed by atoms with Gasteiger partial charge < -0.3 is 9.47 Å². The Morgan fingerprint density at radius 1 is 1.25 bits per heavy atom. The molecule has 2 unspecified atom stereocenters. The van der Waals surface area contributed by atoms with Crippen molar-refractivity contribution in [3.8, 4) is 11.5 Å². The molecule has 1 fully saturated rings. The highest BCUT2D eigenvalue weighted by molar-refractivity contribution is 5.81. The number of hydrogen-bond acceptors (Lipinski definition) is 4. The van der Waals surface area contributed by atoms with Crippen LogP contribution in [0.15, 0.2) is 12.1 Å². The molecule has 0 spiro atoms. The Labute approximate surface area is 145 Å². The van der Waals surface area contributed by atoms with Gasteiger partial charge in [-0.3, -0.25) is 9.69 Å².